The summed E-state index contributed by atoms with van der Waals surface area (Å²) in [7, 11) is 0. The van der Waals surface area contributed by atoms with Crippen molar-refractivity contribution in [2.45, 2.75) is 13.1 Å². The van der Waals surface area contributed by atoms with Crippen LogP contribution < -0.4 is 5.32 Å². The van der Waals surface area contributed by atoms with Crippen molar-refractivity contribution in [2.75, 3.05) is 11.9 Å². The Bertz CT molecular complexity index is 391. The molecule has 1 aromatic carbocycles. The van der Waals surface area contributed by atoms with Crippen LogP contribution in [0.1, 0.15) is 18.1 Å². The van der Waals surface area contributed by atoms with Gasteiger partial charge in [-0.15, -0.1) is 0 Å². The molecule has 1 N–H and O–H groups in total. The van der Waals surface area contributed by atoms with Crippen LogP contribution in [0.25, 0.3) is 0 Å². The average molecular weight is 214 g/mol. The molecular weight excluding hydrogens is 205 g/mol. The third-order valence-corrected chi connectivity index (χ3v) is 1.83. The number of halogens is 3. The maximum atomic E-state index is 12.3. The minimum atomic E-state index is -4.41. The van der Waals surface area contributed by atoms with Gasteiger partial charge in [0.05, 0.1) is 16.8 Å². The summed E-state index contributed by atoms with van der Waals surface area (Å²) >= 11 is 0. The van der Waals surface area contributed by atoms with Gasteiger partial charge in [0.1, 0.15) is 6.07 Å². The molecular formula is C10H9F3N2. The summed E-state index contributed by atoms with van der Waals surface area (Å²) in [6.45, 7) is 2.36. The first-order valence-electron chi connectivity index (χ1n) is 4.34. The highest BCUT2D eigenvalue weighted by atomic mass is 19.4. The van der Waals surface area contributed by atoms with Crippen molar-refractivity contribution in [3.8, 4) is 6.07 Å². The minimum absolute atomic E-state index is 0.00618. The lowest BCUT2D eigenvalue weighted by molar-refractivity contribution is -0.137. The van der Waals surface area contributed by atoms with Crippen molar-refractivity contribution in [1.82, 2.24) is 0 Å². The monoisotopic (exact) mass is 214 g/mol. The van der Waals surface area contributed by atoms with Crippen LogP contribution in [-0.4, -0.2) is 6.54 Å². The van der Waals surface area contributed by atoms with Gasteiger partial charge in [0.2, 0.25) is 0 Å². The van der Waals surface area contributed by atoms with Gasteiger partial charge in [0.15, 0.2) is 0 Å². The quantitative estimate of drug-likeness (QED) is 0.821. The van der Waals surface area contributed by atoms with Crippen LogP contribution in [-0.2, 0) is 6.18 Å². The summed E-state index contributed by atoms with van der Waals surface area (Å²) in [5.74, 6) is 0. The predicted molar refractivity (Wildman–Crippen MR) is 50.3 cm³/mol. The predicted octanol–water partition coefficient (Wildman–Crippen LogP) is 3.01. The Balaban J connectivity index is 3.15. The highest BCUT2D eigenvalue weighted by Crippen LogP contribution is 2.31. The zero-order valence-electron chi connectivity index (χ0n) is 8.02. The van der Waals surface area contributed by atoms with E-state index in [2.05, 4.69) is 5.32 Å². The number of hydrogen-bond donors (Lipinski definition) is 1. The Morgan fingerprint density at radius 3 is 2.53 bits per heavy atom. The lowest BCUT2D eigenvalue weighted by Crippen LogP contribution is -2.07. The molecule has 0 unspecified atom stereocenters. The summed E-state index contributed by atoms with van der Waals surface area (Å²) in [6.07, 6.45) is -4.41. The summed E-state index contributed by atoms with van der Waals surface area (Å²) in [6, 6.07) is 4.80. The molecule has 0 aliphatic carbocycles. The fraction of sp³-hybridized carbons (Fsp3) is 0.300. The number of alkyl halides is 3. The van der Waals surface area contributed by atoms with Crippen molar-refractivity contribution in [1.29, 1.82) is 5.26 Å². The molecule has 0 atom stereocenters. The molecule has 0 amide bonds. The molecule has 0 saturated heterocycles. The number of nitriles is 1. The van der Waals surface area contributed by atoms with Gasteiger partial charge in [-0.1, -0.05) is 0 Å². The van der Waals surface area contributed by atoms with Crippen LogP contribution in [0.4, 0.5) is 18.9 Å². The van der Waals surface area contributed by atoms with Crippen molar-refractivity contribution in [3.05, 3.63) is 29.3 Å². The second kappa shape index (κ2) is 4.22. The molecule has 15 heavy (non-hydrogen) atoms. The highest BCUT2D eigenvalue weighted by molar-refractivity contribution is 5.58. The van der Waals surface area contributed by atoms with E-state index in [0.717, 1.165) is 12.1 Å². The van der Waals surface area contributed by atoms with E-state index in [4.69, 9.17) is 5.26 Å². The van der Waals surface area contributed by atoms with Gasteiger partial charge in [-0.2, -0.15) is 18.4 Å². The molecule has 0 radical (unpaired) electrons. The molecule has 0 heterocycles. The number of nitrogens with one attached hydrogen (secondary N) is 1. The van der Waals surface area contributed by atoms with Crippen LogP contribution in [0.3, 0.4) is 0 Å². The summed E-state index contributed by atoms with van der Waals surface area (Å²) in [4.78, 5) is 0. The first-order chi connectivity index (χ1) is 6.99. The van der Waals surface area contributed by atoms with Gasteiger partial charge in [-0.05, 0) is 25.1 Å². The smallest absolute Gasteiger partial charge is 0.384 e. The van der Waals surface area contributed by atoms with Gasteiger partial charge < -0.3 is 5.32 Å². The van der Waals surface area contributed by atoms with Crippen LogP contribution >= 0.6 is 0 Å². The standard InChI is InChI=1S/C10H9F3N2/c1-2-15-9-4-3-8(10(11,12)13)5-7(9)6-14/h3-5,15H,2H2,1H3. The summed E-state index contributed by atoms with van der Waals surface area (Å²) < 4.78 is 36.9. The first kappa shape index (κ1) is 11.4. The normalized spacial score (nSPS) is 10.9. The number of benzene rings is 1. The van der Waals surface area contributed by atoms with Crippen LogP contribution in [0.2, 0.25) is 0 Å². The third-order valence-electron chi connectivity index (χ3n) is 1.83. The molecule has 0 aliphatic rings. The van der Waals surface area contributed by atoms with Gasteiger partial charge in [0.25, 0.3) is 0 Å². The van der Waals surface area contributed by atoms with Crippen LogP contribution in [0.5, 0.6) is 0 Å². The Hall–Kier alpha value is -1.70. The van der Waals surface area contributed by atoms with E-state index < -0.39 is 11.7 Å². The first-order valence-corrected chi connectivity index (χ1v) is 4.34. The van der Waals surface area contributed by atoms with E-state index in [1.807, 2.05) is 0 Å². The molecule has 1 rings (SSSR count). The number of hydrogen-bond acceptors (Lipinski definition) is 2. The molecule has 0 bridgehead atoms. The molecule has 80 valence electrons. The van der Waals surface area contributed by atoms with Gasteiger partial charge >= 0.3 is 6.18 Å². The van der Waals surface area contributed by atoms with Crippen LogP contribution in [0.15, 0.2) is 18.2 Å². The van der Waals surface area contributed by atoms with Gasteiger partial charge in [-0.25, -0.2) is 0 Å². The average Bonchev–Trinajstić information content (AvgIpc) is 2.17. The molecule has 0 fully saturated rings. The second-order valence-corrected chi connectivity index (χ2v) is 2.90. The highest BCUT2D eigenvalue weighted by Gasteiger charge is 2.30. The Morgan fingerprint density at radius 1 is 1.40 bits per heavy atom. The van der Waals surface area contributed by atoms with E-state index in [1.54, 1.807) is 13.0 Å². The Morgan fingerprint density at radius 2 is 2.07 bits per heavy atom. The topological polar surface area (TPSA) is 35.8 Å². The van der Waals surface area contributed by atoms with Crippen molar-refractivity contribution in [2.24, 2.45) is 0 Å². The molecule has 5 heteroatoms. The van der Waals surface area contributed by atoms with Gasteiger partial charge in [-0.3, -0.25) is 0 Å². The molecule has 0 aromatic heterocycles. The maximum absolute atomic E-state index is 12.3. The molecule has 0 aliphatic heterocycles. The zero-order chi connectivity index (χ0) is 11.5. The van der Waals surface area contributed by atoms with E-state index >= 15 is 0 Å². The van der Waals surface area contributed by atoms with Crippen molar-refractivity contribution in [3.63, 3.8) is 0 Å². The lowest BCUT2D eigenvalue weighted by atomic mass is 10.1. The third kappa shape index (κ3) is 2.62. The fourth-order valence-electron chi connectivity index (χ4n) is 1.16. The van der Waals surface area contributed by atoms with E-state index in [9.17, 15) is 13.2 Å². The number of rotatable bonds is 2. The molecule has 0 spiro atoms. The molecule has 0 saturated carbocycles. The number of nitrogens with zero attached hydrogens (tertiary/aromatic N) is 1. The summed E-state index contributed by atoms with van der Waals surface area (Å²) in [5, 5.41) is 11.5. The summed E-state index contributed by atoms with van der Waals surface area (Å²) in [5.41, 5.74) is -0.375. The van der Waals surface area contributed by atoms with Crippen LogP contribution in [0, 0.1) is 11.3 Å². The van der Waals surface area contributed by atoms with Crippen molar-refractivity contribution >= 4 is 5.69 Å². The largest absolute Gasteiger partial charge is 0.416 e. The van der Waals surface area contributed by atoms with E-state index in [1.165, 1.54) is 6.07 Å². The maximum Gasteiger partial charge on any atom is 0.416 e. The molecule has 2 nitrogen and oxygen atoms in total. The Labute approximate surface area is 85.3 Å². The minimum Gasteiger partial charge on any atom is -0.384 e. The number of anilines is 1. The van der Waals surface area contributed by atoms with E-state index in [0.29, 0.717) is 12.2 Å². The molecule has 1 aromatic rings. The fourth-order valence-corrected chi connectivity index (χ4v) is 1.16. The van der Waals surface area contributed by atoms with Gasteiger partial charge in [0, 0.05) is 6.54 Å². The Kier molecular flexibility index (Phi) is 3.20. The van der Waals surface area contributed by atoms with Crippen molar-refractivity contribution < 1.29 is 13.2 Å². The van der Waals surface area contributed by atoms with E-state index in [-0.39, 0.29) is 5.56 Å². The second-order valence-electron chi connectivity index (χ2n) is 2.90. The zero-order valence-corrected chi connectivity index (χ0v) is 8.02. The lowest BCUT2D eigenvalue weighted by Gasteiger charge is -2.10. The SMILES string of the molecule is CCNc1ccc(C(F)(F)F)cc1C#N.